The van der Waals surface area contributed by atoms with Crippen molar-refractivity contribution in [1.82, 2.24) is 9.80 Å². The zero-order valence-electron chi connectivity index (χ0n) is 11.7. The van der Waals surface area contributed by atoms with Crippen molar-refractivity contribution in [3.8, 4) is 0 Å². The molecular formula is C13H25N3OS. The molecule has 1 amide bonds. The molecule has 0 aromatic heterocycles. The lowest BCUT2D eigenvalue weighted by molar-refractivity contribution is -0.136. The highest BCUT2D eigenvalue weighted by Gasteiger charge is 2.27. The van der Waals surface area contributed by atoms with E-state index in [9.17, 15) is 4.79 Å². The van der Waals surface area contributed by atoms with Gasteiger partial charge in [-0.1, -0.05) is 25.1 Å². The third kappa shape index (κ3) is 3.92. The van der Waals surface area contributed by atoms with E-state index in [2.05, 4.69) is 0 Å². The quantitative estimate of drug-likeness (QED) is 0.785. The van der Waals surface area contributed by atoms with Crippen molar-refractivity contribution in [1.29, 1.82) is 0 Å². The Morgan fingerprint density at radius 3 is 2.11 bits per heavy atom. The molecule has 1 aliphatic rings. The third-order valence-electron chi connectivity index (χ3n) is 3.91. The van der Waals surface area contributed by atoms with Crippen LogP contribution in [0.1, 0.15) is 39.5 Å². The first-order chi connectivity index (χ1) is 8.45. The maximum Gasteiger partial charge on any atom is 0.239 e. The number of rotatable bonds is 4. The Bertz CT molecular complexity index is 301. The van der Waals surface area contributed by atoms with E-state index >= 15 is 0 Å². The van der Waals surface area contributed by atoms with Crippen molar-refractivity contribution in [2.75, 3.05) is 20.1 Å². The second-order valence-corrected chi connectivity index (χ2v) is 5.63. The van der Waals surface area contributed by atoms with E-state index in [1.807, 2.05) is 30.7 Å². The van der Waals surface area contributed by atoms with E-state index in [4.69, 9.17) is 18.0 Å². The van der Waals surface area contributed by atoms with E-state index in [0.717, 1.165) is 25.9 Å². The Balaban J connectivity index is 2.61. The van der Waals surface area contributed by atoms with Gasteiger partial charge in [0.2, 0.25) is 5.91 Å². The van der Waals surface area contributed by atoms with Crippen LogP contribution in [0.5, 0.6) is 0 Å². The summed E-state index contributed by atoms with van der Waals surface area (Å²) in [7, 11) is 1.91. The second kappa shape index (κ2) is 7.04. The fraction of sp³-hybridized carbons (Fsp3) is 0.846. The van der Waals surface area contributed by atoms with Crippen LogP contribution in [-0.2, 0) is 4.79 Å². The first-order valence-electron chi connectivity index (χ1n) is 6.75. The molecule has 0 bridgehead atoms. The average molecular weight is 271 g/mol. The van der Waals surface area contributed by atoms with Gasteiger partial charge in [-0.3, -0.25) is 9.69 Å². The van der Waals surface area contributed by atoms with Crippen LogP contribution in [0.2, 0.25) is 0 Å². The van der Waals surface area contributed by atoms with Gasteiger partial charge in [0.25, 0.3) is 0 Å². The number of nitrogens with zero attached hydrogens (tertiary/aromatic N) is 2. The highest BCUT2D eigenvalue weighted by Crippen LogP contribution is 2.13. The molecule has 4 nitrogen and oxygen atoms in total. The molecule has 2 unspecified atom stereocenters. The fourth-order valence-electron chi connectivity index (χ4n) is 2.27. The van der Waals surface area contributed by atoms with Crippen LogP contribution in [0, 0.1) is 0 Å². The number of nitrogens with two attached hydrogens (primary N) is 1. The Morgan fingerprint density at radius 1 is 1.17 bits per heavy atom. The minimum atomic E-state index is -0.167. The van der Waals surface area contributed by atoms with Crippen LogP contribution in [0.4, 0.5) is 0 Å². The molecule has 0 aliphatic carbocycles. The number of hydrogen-bond acceptors (Lipinski definition) is 3. The van der Waals surface area contributed by atoms with Crippen LogP contribution < -0.4 is 5.73 Å². The molecule has 1 saturated heterocycles. The normalized spacial score (nSPS) is 20.3. The molecule has 0 spiro atoms. The largest absolute Gasteiger partial charge is 0.392 e. The fourth-order valence-corrected chi connectivity index (χ4v) is 2.43. The van der Waals surface area contributed by atoms with Gasteiger partial charge in [0, 0.05) is 13.1 Å². The zero-order valence-corrected chi connectivity index (χ0v) is 12.5. The number of likely N-dealkylation sites (N-methyl/N-ethyl adjacent to an activating group) is 1. The Kier molecular flexibility index (Phi) is 6.02. The molecule has 5 heteroatoms. The molecule has 0 aromatic carbocycles. The summed E-state index contributed by atoms with van der Waals surface area (Å²) in [5.41, 5.74) is 5.64. The summed E-state index contributed by atoms with van der Waals surface area (Å²) in [5.74, 6) is 0.197. The Labute approximate surface area is 115 Å². The molecule has 2 N–H and O–H groups in total. The predicted octanol–water partition coefficient (Wildman–Crippen LogP) is 1.38. The molecule has 2 atom stereocenters. The molecule has 1 fully saturated rings. The van der Waals surface area contributed by atoms with Crippen LogP contribution in [0.3, 0.4) is 0 Å². The monoisotopic (exact) mass is 271 g/mol. The van der Waals surface area contributed by atoms with E-state index in [0.29, 0.717) is 4.99 Å². The minimum absolute atomic E-state index is 0.0501. The lowest BCUT2D eigenvalue weighted by Gasteiger charge is -2.33. The van der Waals surface area contributed by atoms with Gasteiger partial charge in [-0.25, -0.2) is 0 Å². The van der Waals surface area contributed by atoms with Gasteiger partial charge in [0.05, 0.1) is 17.1 Å². The van der Waals surface area contributed by atoms with Crippen LogP contribution in [-0.4, -0.2) is 52.9 Å². The van der Waals surface area contributed by atoms with Gasteiger partial charge in [-0.2, -0.15) is 0 Å². The average Bonchev–Trinajstić information content (AvgIpc) is 2.63. The van der Waals surface area contributed by atoms with Crippen molar-refractivity contribution < 1.29 is 4.79 Å². The van der Waals surface area contributed by atoms with Crippen molar-refractivity contribution in [3.05, 3.63) is 0 Å². The molecule has 0 saturated carbocycles. The second-order valence-electron chi connectivity index (χ2n) is 5.16. The summed E-state index contributed by atoms with van der Waals surface area (Å²) >= 11 is 4.99. The van der Waals surface area contributed by atoms with Gasteiger partial charge >= 0.3 is 0 Å². The SMILES string of the molecule is CC(C(=O)N1CCCCCC1)N(C)C(C)C(N)=S. The van der Waals surface area contributed by atoms with Crippen molar-refractivity contribution in [2.45, 2.75) is 51.6 Å². The van der Waals surface area contributed by atoms with Crippen molar-refractivity contribution in [3.63, 3.8) is 0 Å². The molecule has 18 heavy (non-hydrogen) atoms. The van der Waals surface area contributed by atoms with E-state index in [1.165, 1.54) is 12.8 Å². The first kappa shape index (κ1) is 15.4. The Morgan fingerprint density at radius 2 is 1.67 bits per heavy atom. The summed E-state index contributed by atoms with van der Waals surface area (Å²) in [4.78, 5) is 16.8. The number of carbonyl (C=O) groups excluding carboxylic acids is 1. The van der Waals surface area contributed by atoms with Crippen LogP contribution >= 0.6 is 12.2 Å². The highest BCUT2D eigenvalue weighted by atomic mass is 32.1. The Hall–Kier alpha value is -0.680. The standard InChI is InChI=1S/C13H25N3OS/c1-10(12(14)18)15(3)11(2)13(17)16-8-6-4-5-7-9-16/h10-11H,4-9H2,1-3H3,(H2,14,18). The summed E-state index contributed by atoms with van der Waals surface area (Å²) < 4.78 is 0. The topological polar surface area (TPSA) is 49.6 Å². The number of hydrogen-bond donors (Lipinski definition) is 1. The van der Waals surface area contributed by atoms with Crippen LogP contribution in [0.25, 0.3) is 0 Å². The summed E-state index contributed by atoms with van der Waals surface area (Å²) in [5, 5.41) is 0. The van der Waals surface area contributed by atoms with E-state index in [1.54, 1.807) is 0 Å². The van der Waals surface area contributed by atoms with E-state index < -0.39 is 0 Å². The molecule has 1 rings (SSSR count). The molecule has 0 radical (unpaired) electrons. The van der Waals surface area contributed by atoms with Crippen molar-refractivity contribution >= 4 is 23.1 Å². The molecule has 104 valence electrons. The maximum atomic E-state index is 12.4. The number of thiocarbonyl (C=S) groups is 1. The molecule has 1 aliphatic heterocycles. The van der Waals surface area contributed by atoms with Gasteiger partial charge in [0.1, 0.15) is 0 Å². The molecule has 0 aromatic rings. The zero-order chi connectivity index (χ0) is 13.7. The lowest BCUT2D eigenvalue weighted by Crippen LogP contribution is -2.51. The predicted molar refractivity (Wildman–Crippen MR) is 78.5 cm³/mol. The smallest absolute Gasteiger partial charge is 0.239 e. The molecule has 1 heterocycles. The lowest BCUT2D eigenvalue weighted by atomic mass is 10.2. The minimum Gasteiger partial charge on any atom is -0.392 e. The maximum absolute atomic E-state index is 12.4. The van der Waals surface area contributed by atoms with Crippen LogP contribution in [0.15, 0.2) is 0 Å². The summed E-state index contributed by atoms with van der Waals surface area (Å²) in [6, 6.07) is -0.217. The van der Waals surface area contributed by atoms with E-state index in [-0.39, 0.29) is 18.0 Å². The van der Waals surface area contributed by atoms with Gasteiger partial charge in [-0.15, -0.1) is 0 Å². The highest BCUT2D eigenvalue weighted by molar-refractivity contribution is 7.80. The van der Waals surface area contributed by atoms with Gasteiger partial charge < -0.3 is 10.6 Å². The summed E-state index contributed by atoms with van der Waals surface area (Å²) in [6.07, 6.45) is 4.70. The molecular weight excluding hydrogens is 246 g/mol. The first-order valence-corrected chi connectivity index (χ1v) is 7.16. The van der Waals surface area contributed by atoms with Gasteiger partial charge in [0.15, 0.2) is 0 Å². The number of amides is 1. The third-order valence-corrected chi connectivity index (χ3v) is 4.25. The van der Waals surface area contributed by atoms with Crippen molar-refractivity contribution in [2.24, 2.45) is 5.73 Å². The number of carbonyl (C=O) groups is 1. The number of likely N-dealkylation sites (tertiary alicyclic amines) is 1. The van der Waals surface area contributed by atoms with Gasteiger partial charge in [-0.05, 0) is 33.7 Å². The summed E-state index contributed by atoms with van der Waals surface area (Å²) in [6.45, 7) is 5.65.